The molecule has 0 spiro atoms. The number of nitrogens with zero attached hydrogens (tertiary/aromatic N) is 1. The van der Waals surface area contributed by atoms with Gasteiger partial charge in [0.2, 0.25) is 5.78 Å². The molecule has 0 aliphatic carbocycles. The molecule has 0 aliphatic heterocycles. The van der Waals surface area contributed by atoms with Crippen molar-refractivity contribution in [2.75, 3.05) is 5.73 Å². The van der Waals surface area contributed by atoms with E-state index in [4.69, 9.17) is 5.73 Å². The van der Waals surface area contributed by atoms with Crippen LogP contribution in [0.2, 0.25) is 0 Å². The summed E-state index contributed by atoms with van der Waals surface area (Å²) in [7, 11) is 0. The van der Waals surface area contributed by atoms with Gasteiger partial charge in [0.05, 0.1) is 20.5 Å². The van der Waals surface area contributed by atoms with Gasteiger partial charge in [0.25, 0.3) is 0 Å². The van der Waals surface area contributed by atoms with Crippen LogP contribution >= 0.6 is 39.9 Å². The molecule has 0 atom stereocenters. The van der Waals surface area contributed by atoms with Crippen LogP contribution in [0.5, 0.6) is 0 Å². The second kappa shape index (κ2) is 9.21. The number of carbonyl (C=O) groups is 1. The van der Waals surface area contributed by atoms with Gasteiger partial charge in [0.1, 0.15) is 0 Å². The van der Waals surface area contributed by atoms with E-state index in [1.54, 1.807) is 48.5 Å². The number of rotatable bonds is 4. The van der Waals surface area contributed by atoms with Gasteiger partial charge in [-0.05, 0) is 30.2 Å². The Bertz CT molecular complexity index is 957. The van der Waals surface area contributed by atoms with Gasteiger partial charge in [-0.15, -0.1) is 24.0 Å². The van der Waals surface area contributed by atoms with Crippen molar-refractivity contribution in [1.82, 2.24) is 0 Å². The first-order chi connectivity index (χ1) is 12.0. The Balaban J connectivity index is 0.00000243. The Kier molecular flexibility index (Phi) is 7.52. The Morgan fingerprint density at radius 3 is 2.35 bits per heavy atom. The number of aliphatic imine (C=N–C) groups is 1. The minimum Gasteiger partial charge on any atom is -0.858 e. The van der Waals surface area contributed by atoms with Gasteiger partial charge in [-0.25, -0.2) is 0 Å². The number of anilines is 1. The van der Waals surface area contributed by atoms with E-state index < -0.39 is 5.90 Å². The number of thiophene rings is 1. The van der Waals surface area contributed by atoms with Crippen LogP contribution in [-0.2, 0) is 0 Å². The first-order valence-corrected chi connectivity index (χ1v) is 9.25. The Morgan fingerprint density at radius 1 is 1.12 bits per heavy atom. The molecule has 2 aromatic carbocycles. The summed E-state index contributed by atoms with van der Waals surface area (Å²) in [4.78, 5) is 16.9. The minimum absolute atomic E-state index is 0. The summed E-state index contributed by atoms with van der Waals surface area (Å²) < 4.78 is 1.27. The summed E-state index contributed by atoms with van der Waals surface area (Å²) in [6.45, 7) is 0. The molecular weight excluding hydrogens is 443 g/mol. The number of thiol groups is 1. The van der Waals surface area contributed by atoms with Gasteiger partial charge in [0, 0.05) is 15.6 Å². The molecule has 1 aromatic heterocycles. The van der Waals surface area contributed by atoms with Crippen LogP contribution in [0.3, 0.4) is 0 Å². The van der Waals surface area contributed by atoms with Gasteiger partial charge in [0.15, 0.2) is 0 Å². The van der Waals surface area contributed by atoms with Crippen LogP contribution in [0.1, 0.15) is 20.8 Å². The summed E-state index contributed by atoms with van der Waals surface area (Å²) >= 11 is 8.73. The average Bonchev–Trinajstić information content (AvgIpc) is 2.91. The van der Waals surface area contributed by atoms with E-state index in [0.717, 1.165) is 15.8 Å². The van der Waals surface area contributed by atoms with Gasteiger partial charge in [-0.3, -0.25) is 9.79 Å². The number of halogens is 1. The first kappa shape index (κ1) is 21.2. The van der Waals surface area contributed by atoms with Crippen molar-refractivity contribution < 1.29 is 39.5 Å². The Labute approximate surface area is 191 Å². The topological polar surface area (TPSA) is 78.5 Å². The van der Waals surface area contributed by atoms with Crippen molar-refractivity contribution in [3.05, 3.63) is 75.1 Å². The molecule has 0 radical (unpaired) electrons. The molecule has 0 saturated carbocycles. The summed E-state index contributed by atoms with van der Waals surface area (Å²) in [6, 6.07) is 15.8. The fourth-order valence-corrected chi connectivity index (χ4v) is 3.89. The van der Waals surface area contributed by atoms with Gasteiger partial charge >= 0.3 is 29.6 Å². The Morgan fingerprint density at radius 2 is 1.73 bits per heavy atom. The number of hydrogen-bond donors (Lipinski definition) is 2. The van der Waals surface area contributed by atoms with E-state index in [1.165, 1.54) is 0 Å². The van der Waals surface area contributed by atoms with Gasteiger partial charge < -0.3 is 10.8 Å². The smallest absolute Gasteiger partial charge is 0.858 e. The first-order valence-electron chi connectivity index (χ1n) is 7.20. The van der Waals surface area contributed by atoms with Crippen LogP contribution in [0.15, 0.2) is 68.3 Å². The van der Waals surface area contributed by atoms with Crippen LogP contribution in [0.25, 0.3) is 0 Å². The van der Waals surface area contributed by atoms with E-state index in [-0.39, 0.29) is 46.6 Å². The standard InChI is InChI=1S/C18H13BrN2O2S2.Na/c19-11-6-8-12(9-7-11)21-17(23)13-14(20)16(25-18(13)24)15(22)10-4-2-1-3-5-10;/h1-9,24H,20H2,(H,21,23);/q;+1/p-1. The number of hydrogen-bond acceptors (Lipinski definition) is 6. The number of ketones is 1. The molecule has 126 valence electrons. The van der Waals surface area contributed by atoms with Crippen molar-refractivity contribution in [2.24, 2.45) is 4.99 Å². The third-order valence-electron chi connectivity index (χ3n) is 3.44. The molecule has 0 unspecified atom stereocenters. The van der Waals surface area contributed by atoms with Gasteiger partial charge in [-0.2, -0.15) is 0 Å². The predicted octanol–water partition coefficient (Wildman–Crippen LogP) is 1.06. The largest absolute Gasteiger partial charge is 1.00 e. The second-order valence-corrected chi connectivity index (χ2v) is 7.80. The summed E-state index contributed by atoms with van der Waals surface area (Å²) in [5.41, 5.74) is 7.37. The zero-order valence-corrected chi connectivity index (χ0v) is 19.1. The van der Waals surface area contributed by atoms with E-state index in [2.05, 4.69) is 33.6 Å². The second-order valence-electron chi connectivity index (χ2n) is 5.11. The van der Waals surface area contributed by atoms with Crippen LogP contribution in [0.4, 0.5) is 11.4 Å². The maximum atomic E-state index is 12.6. The van der Waals surface area contributed by atoms with Crippen LogP contribution in [-0.4, -0.2) is 11.7 Å². The van der Waals surface area contributed by atoms with Crippen molar-refractivity contribution >= 4 is 63.0 Å². The normalized spacial score (nSPS) is 11.1. The fraction of sp³-hybridized carbons (Fsp3) is 0. The zero-order chi connectivity index (χ0) is 18.0. The third kappa shape index (κ3) is 4.60. The maximum Gasteiger partial charge on any atom is 1.00 e. The molecule has 3 aromatic rings. The third-order valence-corrected chi connectivity index (χ3v) is 5.47. The molecule has 0 bridgehead atoms. The van der Waals surface area contributed by atoms with Crippen molar-refractivity contribution in [3.63, 3.8) is 0 Å². The van der Waals surface area contributed by atoms with Crippen molar-refractivity contribution in [3.8, 4) is 0 Å². The van der Waals surface area contributed by atoms with E-state index >= 15 is 0 Å². The number of benzene rings is 2. The average molecular weight is 455 g/mol. The summed E-state index contributed by atoms with van der Waals surface area (Å²) in [6.07, 6.45) is 0. The zero-order valence-electron chi connectivity index (χ0n) is 13.8. The molecule has 4 nitrogen and oxygen atoms in total. The number of nitrogen functional groups attached to an aromatic ring is 1. The predicted molar refractivity (Wildman–Crippen MR) is 106 cm³/mol. The maximum absolute atomic E-state index is 12.6. The number of nitrogens with two attached hydrogens (primary N) is 1. The SMILES string of the molecule is Nc1c(C(=O)c2ccccc2)sc(S)c1C([O-])=Nc1ccc(Br)cc1.[Na+]. The quantitative estimate of drug-likeness (QED) is 0.203. The minimum atomic E-state index is -0.520. The van der Waals surface area contributed by atoms with Gasteiger partial charge in [-0.1, -0.05) is 46.3 Å². The fourth-order valence-electron chi connectivity index (χ4n) is 2.22. The molecule has 0 saturated heterocycles. The molecule has 0 aliphatic rings. The monoisotopic (exact) mass is 454 g/mol. The molecular formula is C18H12BrN2NaO2S2. The molecule has 1 heterocycles. The summed E-state index contributed by atoms with van der Waals surface area (Å²) in [5.74, 6) is -0.755. The van der Waals surface area contributed by atoms with E-state index in [1.807, 2.05) is 6.07 Å². The van der Waals surface area contributed by atoms with E-state index in [9.17, 15) is 9.90 Å². The number of carbonyl (C=O) groups excluding carboxylic acids is 1. The van der Waals surface area contributed by atoms with Crippen LogP contribution < -0.4 is 40.4 Å². The molecule has 26 heavy (non-hydrogen) atoms. The molecule has 8 heteroatoms. The van der Waals surface area contributed by atoms with Crippen molar-refractivity contribution in [1.29, 1.82) is 0 Å². The molecule has 0 amide bonds. The molecule has 0 fully saturated rings. The molecule has 2 N–H and O–H groups in total. The van der Waals surface area contributed by atoms with Crippen LogP contribution in [0, 0.1) is 0 Å². The van der Waals surface area contributed by atoms with E-state index in [0.29, 0.717) is 20.3 Å². The molecule has 3 rings (SSSR count). The summed E-state index contributed by atoms with van der Waals surface area (Å²) in [5, 5.41) is 12.5. The Hall–Kier alpha value is -1.09. The van der Waals surface area contributed by atoms with Crippen molar-refractivity contribution in [2.45, 2.75) is 4.21 Å².